The van der Waals surface area contributed by atoms with Crippen molar-refractivity contribution >= 4 is 27.9 Å². The second-order valence-electron chi connectivity index (χ2n) is 5.34. The Morgan fingerprint density at radius 1 is 0.875 bits per heavy atom. The van der Waals surface area contributed by atoms with Gasteiger partial charge >= 0.3 is 17.1 Å². The van der Waals surface area contributed by atoms with Crippen LogP contribution >= 0.6 is 0 Å². The summed E-state index contributed by atoms with van der Waals surface area (Å²) in [5, 5.41) is -1.24. The molecule has 0 unspecified atom stereocenters. The van der Waals surface area contributed by atoms with Crippen molar-refractivity contribution in [2.75, 3.05) is 28.4 Å². The summed E-state index contributed by atoms with van der Waals surface area (Å²) in [5.74, 6) is 0. The van der Waals surface area contributed by atoms with Gasteiger partial charge in [0.05, 0.1) is 5.16 Å². The molecule has 6 nitrogen and oxygen atoms in total. The fourth-order valence-electron chi connectivity index (χ4n) is 2.99. The van der Waals surface area contributed by atoms with Crippen LogP contribution in [0, 0.1) is 0 Å². The van der Waals surface area contributed by atoms with Crippen LogP contribution < -0.4 is 0 Å². The molecule has 24 heavy (non-hydrogen) atoms. The number of allylic oxidation sites excluding steroid dienone is 2. The molecule has 0 aromatic carbocycles. The van der Waals surface area contributed by atoms with E-state index in [4.69, 9.17) is 17.7 Å². The fourth-order valence-corrected chi connectivity index (χ4v) is 12.0. The Balaban J connectivity index is 6.29. The van der Waals surface area contributed by atoms with Crippen LogP contribution in [-0.4, -0.2) is 56.4 Å². The van der Waals surface area contributed by atoms with Gasteiger partial charge in [0, 0.05) is 28.4 Å². The largest absolute Gasteiger partial charge is 0.420 e. The average molecular weight is 375 g/mol. The van der Waals surface area contributed by atoms with E-state index in [2.05, 4.69) is 20.1 Å². The van der Waals surface area contributed by atoms with Crippen LogP contribution in [0.5, 0.6) is 0 Å². The Morgan fingerprint density at radius 2 is 1.25 bits per heavy atom. The highest BCUT2D eigenvalue weighted by Gasteiger charge is 2.65. The molecule has 0 aromatic heterocycles. The van der Waals surface area contributed by atoms with Crippen LogP contribution in [0.15, 0.2) is 25.3 Å². The summed E-state index contributed by atoms with van der Waals surface area (Å²) < 4.78 is 22.5. The minimum absolute atomic E-state index is 0.336. The monoisotopic (exact) mass is 374 g/mol. The van der Waals surface area contributed by atoms with Gasteiger partial charge in [0.1, 0.15) is 0 Å². The number of rotatable bonds is 14. The zero-order valence-electron chi connectivity index (χ0n) is 15.4. The van der Waals surface area contributed by atoms with Crippen LogP contribution in [0.3, 0.4) is 0 Å². The molecule has 0 aliphatic rings. The van der Waals surface area contributed by atoms with Gasteiger partial charge in [0.25, 0.3) is 0 Å². The lowest BCUT2D eigenvalue weighted by molar-refractivity contribution is -0.112. The van der Waals surface area contributed by atoms with Gasteiger partial charge in [0.15, 0.2) is 10.8 Å². The van der Waals surface area contributed by atoms with E-state index in [-0.39, 0.29) is 10.8 Å². The van der Waals surface area contributed by atoms with Gasteiger partial charge in [-0.1, -0.05) is 39.3 Å². The first kappa shape index (κ1) is 23.1. The van der Waals surface area contributed by atoms with Crippen molar-refractivity contribution in [2.24, 2.45) is 0 Å². The summed E-state index contributed by atoms with van der Waals surface area (Å²) in [6.45, 7) is 9.18. The minimum atomic E-state index is -3.50. The predicted molar refractivity (Wildman–Crippen MR) is 97.8 cm³/mol. The van der Waals surface area contributed by atoms with Gasteiger partial charge in [0.2, 0.25) is 0 Å². The SMILES string of the molecule is C=CC(=O)[Si](OC)(OC)C(CCCCC)[Si](OC)(OC)C(=O)C=C. The maximum absolute atomic E-state index is 12.6. The van der Waals surface area contributed by atoms with Crippen molar-refractivity contribution in [1.82, 2.24) is 0 Å². The molecule has 0 rings (SSSR count). The third-order valence-electron chi connectivity index (χ3n) is 4.28. The Morgan fingerprint density at radius 3 is 1.50 bits per heavy atom. The highest BCUT2D eigenvalue weighted by Crippen LogP contribution is 2.39. The summed E-state index contributed by atoms with van der Waals surface area (Å²) in [4.78, 5) is 25.3. The fraction of sp³-hybridized carbons (Fsp3) is 0.625. The van der Waals surface area contributed by atoms with Gasteiger partial charge in [-0.2, -0.15) is 0 Å². The van der Waals surface area contributed by atoms with Crippen LogP contribution in [0.25, 0.3) is 0 Å². The van der Waals surface area contributed by atoms with Crippen LogP contribution in [0.2, 0.25) is 5.16 Å². The minimum Gasteiger partial charge on any atom is -0.392 e. The number of hydrogen-bond donors (Lipinski definition) is 0. The zero-order chi connectivity index (χ0) is 18.8. The molecule has 0 amide bonds. The molecule has 0 saturated carbocycles. The first-order valence-corrected chi connectivity index (χ1v) is 11.7. The molecule has 8 heteroatoms. The summed E-state index contributed by atoms with van der Waals surface area (Å²) in [6, 6.07) is 0. The second-order valence-corrected chi connectivity index (χ2v) is 12.6. The lowest BCUT2D eigenvalue weighted by atomic mass is 10.2. The Labute approximate surface area is 147 Å². The molecular weight excluding hydrogens is 344 g/mol. The molecule has 0 aromatic rings. The Kier molecular flexibility index (Phi) is 10.4. The topological polar surface area (TPSA) is 71.1 Å². The normalized spacial score (nSPS) is 12.2. The number of unbranched alkanes of at least 4 members (excludes halogenated alkanes) is 2. The van der Waals surface area contributed by atoms with E-state index < -0.39 is 22.3 Å². The summed E-state index contributed by atoms with van der Waals surface area (Å²) in [5.41, 5.74) is 0. The smallest absolute Gasteiger partial charge is 0.392 e. The first-order chi connectivity index (χ1) is 11.4. The molecular formula is C16H30O6Si2. The maximum atomic E-state index is 12.6. The average Bonchev–Trinajstić information content (AvgIpc) is 2.63. The molecule has 0 heterocycles. The van der Waals surface area contributed by atoms with E-state index >= 15 is 0 Å². The molecule has 0 aliphatic heterocycles. The van der Waals surface area contributed by atoms with Crippen molar-refractivity contribution in [3.63, 3.8) is 0 Å². The predicted octanol–water partition coefficient (Wildman–Crippen LogP) is 2.53. The molecule has 0 fully saturated rings. The molecule has 0 radical (unpaired) electrons. The third kappa shape index (κ3) is 4.38. The zero-order valence-corrected chi connectivity index (χ0v) is 17.4. The standard InChI is InChI=1S/C16H30O6Si2/c1-8-11-12-13-16(23(19-4,20-5)14(17)9-2)24(21-6,22-7)15(18)10-3/h9-10,16H,2-3,8,11-13H2,1,4-7H3. The number of hydrogen-bond acceptors (Lipinski definition) is 6. The second kappa shape index (κ2) is 10.9. The van der Waals surface area contributed by atoms with E-state index in [0.29, 0.717) is 6.42 Å². The van der Waals surface area contributed by atoms with Crippen molar-refractivity contribution in [2.45, 2.75) is 37.8 Å². The highest BCUT2D eigenvalue weighted by molar-refractivity contribution is 7.14. The number of carbonyl (C=O) groups is 2. The quantitative estimate of drug-likeness (QED) is 0.264. The van der Waals surface area contributed by atoms with E-state index in [0.717, 1.165) is 19.3 Å². The molecule has 138 valence electrons. The summed E-state index contributed by atoms with van der Waals surface area (Å²) in [6.07, 6.45) is 5.68. The van der Waals surface area contributed by atoms with E-state index in [1.165, 1.54) is 40.6 Å². The van der Waals surface area contributed by atoms with Crippen molar-refractivity contribution < 1.29 is 27.3 Å². The Hall–Kier alpha value is -0.906. The lowest BCUT2D eigenvalue weighted by Gasteiger charge is -2.40. The van der Waals surface area contributed by atoms with Crippen molar-refractivity contribution in [3.05, 3.63) is 25.3 Å². The molecule has 0 saturated heterocycles. The lowest BCUT2D eigenvalue weighted by Crippen LogP contribution is -2.66. The van der Waals surface area contributed by atoms with Crippen LogP contribution in [0.1, 0.15) is 32.6 Å². The van der Waals surface area contributed by atoms with Gasteiger partial charge in [-0.3, -0.25) is 9.59 Å². The molecule has 0 bridgehead atoms. The molecule has 0 aliphatic carbocycles. The van der Waals surface area contributed by atoms with Gasteiger partial charge in [-0.15, -0.1) is 0 Å². The van der Waals surface area contributed by atoms with Crippen LogP contribution in [0.4, 0.5) is 0 Å². The Bertz CT molecular complexity index is 408. The molecule has 0 N–H and O–H groups in total. The van der Waals surface area contributed by atoms with Gasteiger partial charge in [-0.05, 0) is 18.6 Å². The highest BCUT2D eigenvalue weighted by atomic mass is 28.4. The van der Waals surface area contributed by atoms with Crippen LogP contribution in [-0.2, 0) is 27.3 Å². The van der Waals surface area contributed by atoms with Crippen molar-refractivity contribution in [1.29, 1.82) is 0 Å². The van der Waals surface area contributed by atoms with Gasteiger partial charge in [-0.25, -0.2) is 0 Å². The van der Waals surface area contributed by atoms with E-state index in [9.17, 15) is 9.59 Å². The first-order valence-electron chi connectivity index (χ1n) is 7.94. The van der Waals surface area contributed by atoms with Crippen molar-refractivity contribution in [3.8, 4) is 0 Å². The number of carbonyl (C=O) groups excluding carboxylic acids is 2. The van der Waals surface area contributed by atoms with Gasteiger partial charge < -0.3 is 17.7 Å². The maximum Gasteiger partial charge on any atom is 0.420 e. The molecule has 0 spiro atoms. The summed E-state index contributed by atoms with van der Waals surface area (Å²) >= 11 is 0. The van der Waals surface area contributed by atoms with E-state index in [1.54, 1.807) is 0 Å². The van der Waals surface area contributed by atoms with E-state index in [1.807, 2.05) is 0 Å². The molecule has 0 atom stereocenters. The summed E-state index contributed by atoms with van der Waals surface area (Å²) in [7, 11) is -1.30. The third-order valence-corrected chi connectivity index (χ3v) is 13.2.